The van der Waals surface area contributed by atoms with Crippen molar-refractivity contribution in [2.24, 2.45) is 0 Å². The molecule has 2 heterocycles. The molecule has 0 aliphatic carbocycles. The quantitative estimate of drug-likeness (QED) is 0.663. The van der Waals surface area contributed by atoms with E-state index in [0.29, 0.717) is 24.4 Å². The minimum atomic E-state index is -0.442. The predicted octanol–water partition coefficient (Wildman–Crippen LogP) is 4.71. The molecule has 0 spiro atoms. The summed E-state index contributed by atoms with van der Waals surface area (Å²) in [5.74, 6) is -0.0796. The van der Waals surface area contributed by atoms with Gasteiger partial charge in [-0.15, -0.1) is 0 Å². The number of halogens is 4. The van der Waals surface area contributed by atoms with Gasteiger partial charge in [0.05, 0.1) is 5.02 Å². The number of aromatic amines is 1. The molecule has 0 radical (unpaired) electrons. The third-order valence-electron chi connectivity index (χ3n) is 3.15. The van der Waals surface area contributed by atoms with Crippen LogP contribution in [0.25, 0.3) is 10.9 Å². The van der Waals surface area contributed by atoms with E-state index in [9.17, 15) is 4.39 Å². The molecule has 0 aliphatic heterocycles. The zero-order chi connectivity index (χ0) is 15.7. The minimum Gasteiger partial charge on any atom is -0.361 e. The fourth-order valence-corrected chi connectivity index (χ4v) is 2.75. The molecule has 8 heteroatoms. The van der Waals surface area contributed by atoms with Gasteiger partial charge >= 0.3 is 0 Å². The summed E-state index contributed by atoms with van der Waals surface area (Å²) < 4.78 is 13.4. The molecular weight excluding hydrogens is 350 g/mol. The summed E-state index contributed by atoms with van der Waals surface area (Å²) >= 11 is 17.4. The van der Waals surface area contributed by atoms with E-state index in [1.807, 2.05) is 6.20 Å². The molecule has 114 valence electrons. The van der Waals surface area contributed by atoms with Crippen molar-refractivity contribution < 1.29 is 4.39 Å². The van der Waals surface area contributed by atoms with E-state index < -0.39 is 5.82 Å². The van der Waals surface area contributed by atoms with Gasteiger partial charge < -0.3 is 10.3 Å². The lowest BCUT2D eigenvalue weighted by atomic mass is 10.1. The van der Waals surface area contributed by atoms with Gasteiger partial charge in [-0.05, 0) is 24.1 Å². The van der Waals surface area contributed by atoms with Gasteiger partial charge in [0, 0.05) is 29.7 Å². The highest BCUT2D eigenvalue weighted by molar-refractivity contribution is 6.33. The van der Waals surface area contributed by atoms with Gasteiger partial charge in [-0.25, -0.2) is 14.4 Å². The Morgan fingerprint density at radius 1 is 1.09 bits per heavy atom. The number of anilines is 1. The first kappa shape index (κ1) is 15.3. The molecule has 0 saturated heterocycles. The number of rotatable bonds is 4. The third kappa shape index (κ3) is 3.27. The van der Waals surface area contributed by atoms with Crippen molar-refractivity contribution in [3.8, 4) is 0 Å². The summed E-state index contributed by atoms with van der Waals surface area (Å²) in [4.78, 5) is 11.1. The third-order valence-corrected chi connectivity index (χ3v) is 3.83. The summed E-state index contributed by atoms with van der Waals surface area (Å²) in [6.07, 6.45) is 2.50. The second-order valence-corrected chi connectivity index (χ2v) is 5.82. The molecule has 0 bridgehead atoms. The van der Waals surface area contributed by atoms with E-state index >= 15 is 0 Å². The van der Waals surface area contributed by atoms with Crippen LogP contribution in [-0.4, -0.2) is 21.5 Å². The highest BCUT2D eigenvalue weighted by Gasteiger charge is 2.08. The van der Waals surface area contributed by atoms with E-state index in [4.69, 9.17) is 34.8 Å². The monoisotopic (exact) mass is 358 g/mol. The van der Waals surface area contributed by atoms with Crippen LogP contribution in [0.15, 0.2) is 24.4 Å². The first-order valence-corrected chi connectivity index (χ1v) is 7.55. The van der Waals surface area contributed by atoms with E-state index in [2.05, 4.69) is 20.3 Å². The van der Waals surface area contributed by atoms with Crippen molar-refractivity contribution >= 4 is 51.7 Å². The van der Waals surface area contributed by atoms with E-state index in [-0.39, 0.29) is 15.3 Å². The normalized spacial score (nSPS) is 11.1. The van der Waals surface area contributed by atoms with Crippen LogP contribution in [0.5, 0.6) is 0 Å². The van der Waals surface area contributed by atoms with Gasteiger partial charge in [-0.3, -0.25) is 0 Å². The summed E-state index contributed by atoms with van der Waals surface area (Å²) in [5.41, 5.74) is 1.72. The Kier molecular flexibility index (Phi) is 4.38. The average molecular weight is 360 g/mol. The molecule has 2 aromatic heterocycles. The Labute approximate surface area is 140 Å². The van der Waals surface area contributed by atoms with Gasteiger partial charge in [0.1, 0.15) is 16.1 Å². The molecular formula is C14H10Cl3FN4. The largest absolute Gasteiger partial charge is 0.361 e. The van der Waals surface area contributed by atoms with Crippen molar-refractivity contribution in [1.29, 1.82) is 0 Å². The van der Waals surface area contributed by atoms with Gasteiger partial charge in [-0.1, -0.05) is 34.8 Å². The Bertz CT molecular complexity index is 814. The molecule has 0 atom stereocenters. The molecule has 3 aromatic rings. The highest BCUT2D eigenvalue weighted by atomic mass is 35.5. The second-order valence-electron chi connectivity index (χ2n) is 4.64. The lowest BCUT2D eigenvalue weighted by molar-refractivity contribution is 0.630. The van der Waals surface area contributed by atoms with Crippen LogP contribution >= 0.6 is 34.8 Å². The van der Waals surface area contributed by atoms with E-state index in [0.717, 1.165) is 10.9 Å². The minimum absolute atomic E-state index is 0.103. The molecule has 1 aromatic carbocycles. The topological polar surface area (TPSA) is 53.6 Å². The second kappa shape index (κ2) is 6.28. The zero-order valence-electron chi connectivity index (χ0n) is 11.1. The maximum atomic E-state index is 13.4. The summed E-state index contributed by atoms with van der Waals surface area (Å²) in [5, 5.41) is 4.58. The molecule has 0 unspecified atom stereocenters. The number of hydrogen-bond donors (Lipinski definition) is 2. The number of H-pyrrole nitrogens is 1. The van der Waals surface area contributed by atoms with Crippen molar-refractivity contribution in [3.05, 3.63) is 51.1 Å². The molecule has 0 saturated carbocycles. The maximum Gasteiger partial charge on any atom is 0.225 e. The summed E-state index contributed by atoms with van der Waals surface area (Å²) in [7, 11) is 0. The standard InChI is InChI=1S/C14H10Cl3FN4/c15-9-3-8-7(6-20-11(8)4-10(9)18)1-2-19-14-21-12(16)5-13(17)22-14/h3-6,20H,1-2H2,(H,19,21,22). The fourth-order valence-electron chi connectivity index (χ4n) is 2.16. The van der Waals surface area contributed by atoms with Crippen molar-refractivity contribution in [2.75, 3.05) is 11.9 Å². The molecule has 4 nitrogen and oxygen atoms in total. The molecule has 0 fully saturated rings. The van der Waals surface area contributed by atoms with Crippen LogP contribution in [0, 0.1) is 5.82 Å². The summed E-state index contributed by atoms with van der Waals surface area (Å²) in [6, 6.07) is 4.46. The van der Waals surface area contributed by atoms with Gasteiger partial charge in [0.25, 0.3) is 0 Å². The lowest BCUT2D eigenvalue weighted by Crippen LogP contribution is -2.07. The Morgan fingerprint density at radius 2 is 1.82 bits per heavy atom. The highest BCUT2D eigenvalue weighted by Crippen LogP contribution is 2.25. The molecule has 3 rings (SSSR count). The van der Waals surface area contributed by atoms with Crippen LogP contribution in [0.2, 0.25) is 15.3 Å². The Hall–Kier alpha value is -1.56. The number of nitrogens with zero attached hydrogens (tertiary/aromatic N) is 2. The number of aromatic nitrogens is 3. The van der Waals surface area contributed by atoms with Crippen LogP contribution in [0.4, 0.5) is 10.3 Å². The number of benzene rings is 1. The van der Waals surface area contributed by atoms with Crippen molar-refractivity contribution in [2.45, 2.75) is 6.42 Å². The van der Waals surface area contributed by atoms with Crippen LogP contribution in [-0.2, 0) is 6.42 Å². The van der Waals surface area contributed by atoms with E-state index in [1.165, 1.54) is 12.1 Å². The van der Waals surface area contributed by atoms with Gasteiger partial charge in [-0.2, -0.15) is 0 Å². The lowest BCUT2D eigenvalue weighted by Gasteiger charge is -2.05. The van der Waals surface area contributed by atoms with Crippen LogP contribution < -0.4 is 5.32 Å². The molecule has 2 N–H and O–H groups in total. The number of hydrogen-bond acceptors (Lipinski definition) is 3. The average Bonchev–Trinajstić information content (AvgIpc) is 2.81. The smallest absolute Gasteiger partial charge is 0.225 e. The van der Waals surface area contributed by atoms with Crippen molar-refractivity contribution in [3.63, 3.8) is 0 Å². The maximum absolute atomic E-state index is 13.4. The molecule has 0 aliphatic rings. The SMILES string of the molecule is Fc1cc2[nH]cc(CCNc3nc(Cl)cc(Cl)n3)c2cc1Cl. The number of nitrogens with one attached hydrogen (secondary N) is 2. The van der Waals surface area contributed by atoms with Crippen LogP contribution in [0.3, 0.4) is 0 Å². The van der Waals surface area contributed by atoms with Crippen molar-refractivity contribution in [1.82, 2.24) is 15.0 Å². The Balaban J connectivity index is 1.73. The first-order chi connectivity index (χ1) is 10.5. The fraction of sp³-hybridized carbons (Fsp3) is 0.143. The van der Waals surface area contributed by atoms with Crippen LogP contribution in [0.1, 0.15) is 5.56 Å². The zero-order valence-corrected chi connectivity index (χ0v) is 13.4. The molecule has 22 heavy (non-hydrogen) atoms. The first-order valence-electron chi connectivity index (χ1n) is 6.42. The van der Waals surface area contributed by atoms with E-state index in [1.54, 1.807) is 6.07 Å². The summed E-state index contributed by atoms with van der Waals surface area (Å²) in [6.45, 7) is 0.568. The Morgan fingerprint density at radius 3 is 2.55 bits per heavy atom. The predicted molar refractivity (Wildman–Crippen MR) is 87.5 cm³/mol. The van der Waals surface area contributed by atoms with Gasteiger partial charge in [0.2, 0.25) is 5.95 Å². The molecule has 0 amide bonds. The van der Waals surface area contributed by atoms with Gasteiger partial charge in [0.15, 0.2) is 0 Å². The number of fused-ring (bicyclic) bond motifs is 1.